The van der Waals surface area contributed by atoms with Crippen molar-refractivity contribution in [3.8, 4) is 0 Å². The first kappa shape index (κ1) is 13.0. The summed E-state index contributed by atoms with van der Waals surface area (Å²) in [7, 11) is 0. The highest BCUT2D eigenvalue weighted by atomic mass is 16.4. The van der Waals surface area contributed by atoms with Gasteiger partial charge in [-0.15, -0.1) is 0 Å². The molecule has 0 saturated heterocycles. The Labute approximate surface area is 95.4 Å². The molecule has 5 nitrogen and oxygen atoms in total. The van der Waals surface area contributed by atoms with E-state index in [9.17, 15) is 9.59 Å². The number of aliphatic carboxylic acids is 1. The highest BCUT2D eigenvalue weighted by Gasteiger charge is 2.40. The fourth-order valence-corrected chi connectivity index (χ4v) is 1.97. The zero-order valence-electron chi connectivity index (χ0n) is 9.66. The molecular formula is C11H20N2O3. The molecule has 5 heteroatoms. The minimum Gasteiger partial charge on any atom is -0.481 e. The molecule has 92 valence electrons. The molecule has 0 radical (unpaired) electrons. The average molecular weight is 228 g/mol. The van der Waals surface area contributed by atoms with Crippen LogP contribution in [-0.4, -0.2) is 28.6 Å². The maximum Gasteiger partial charge on any atom is 0.305 e. The number of carbonyl (C=O) groups is 2. The molecule has 1 amide bonds. The van der Waals surface area contributed by atoms with E-state index in [0.717, 1.165) is 25.7 Å². The van der Waals surface area contributed by atoms with E-state index in [2.05, 4.69) is 5.32 Å². The number of hydrogen-bond donors (Lipinski definition) is 3. The maximum absolute atomic E-state index is 11.6. The summed E-state index contributed by atoms with van der Waals surface area (Å²) < 4.78 is 0. The second kappa shape index (κ2) is 5.30. The van der Waals surface area contributed by atoms with Gasteiger partial charge >= 0.3 is 5.97 Å². The quantitative estimate of drug-likeness (QED) is 0.621. The van der Waals surface area contributed by atoms with Crippen LogP contribution in [0.3, 0.4) is 0 Å². The van der Waals surface area contributed by atoms with E-state index in [4.69, 9.17) is 10.8 Å². The van der Waals surface area contributed by atoms with E-state index in [0.29, 0.717) is 0 Å². The highest BCUT2D eigenvalue weighted by Crippen LogP contribution is 2.34. The normalized spacial score (nSPS) is 19.6. The molecule has 1 saturated carbocycles. The Morgan fingerprint density at radius 3 is 2.50 bits per heavy atom. The SMILES string of the molecule is CCC(N)CC(=O)NC1(CC(=O)O)CCC1. The molecule has 0 bridgehead atoms. The van der Waals surface area contributed by atoms with Gasteiger partial charge in [0, 0.05) is 12.5 Å². The molecule has 0 spiro atoms. The Morgan fingerprint density at radius 2 is 2.12 bits per heavy atom. The molecule has 1 aliphatic carbocycles. The van der Waals surface area contributed by atoms with Gasteiger partial charge in [0.05, 0.1) is 12.0 Å². The lowest BCUT2D eigenvalue weighted by atomic mass is 9.74. The molecular weight excluding hydrogens is 208 g/mol. The van der Waals surface area contributed by atoms with E-state index in [1.165, 1.54) is 0 Å². The Kier molecular flexibility index (Phi) is 4.29. The van der Waals surface area contributed by atoms with Gasteiger partial charge in [0.2, 0.25) is 5.91 Å². The Hall–Kier alpha value is -1.10. The molecule has 0 aromatic rings. The Balaban J connectivity index is 2.44. The van der Waals surface area contributed by atoms with E-state index < -0.39 is 11.5 Å². The molecule has 0 aromatic carbocycles. The third-order valence-corrected chi connectivity index (χ3v) is 3.18. The van der Waals surface area contributed by atoms with Crippen molar-refractivity contribution >= 4 is 11.9 Å². The molecule has 0 aromatic heterocycles. The Morgan fingerprint density at radius 1 is 1.50 bits per heavy atom. The number of rotatable bonds is 6. The molecule has 16 heavy (non-hydrogen) atoms. The van der Waals surface area contributed by atoms with Crippen LogP contribution in [0.25, 0.3) is 0 Å². The van der Waals surface area contributed by atoms with Crippen LogP contribution in [0.2, 0.25) is 0 Å². The van der Waals surface area contributed by atoms with Gasteiger partial charge < -0.3 is 16.2 Å². The van der Waals surface area contributed by atoms with E-state index in [-0.39, 0.29) is 24.8 Å². The summed E-state index contributed by atoms with van der Waals surface area (Å²) in [6.07, 6.45) is 3.53. The van der Waals surface area contributed by atoms with Gasteiger partial charge in [-0.2, -0.15) is 0 Å². The standard InChI is InChI=1S/C11H20N2O3/c1-2-8(12)6-9(14)13-11(4-3-5-11)7-10(15)16/h8H,2-7,12H2,1H3,(H,13,14)(H,15,16). The van der Waals surface area contributed by atoms with E-state index in [1.54, 1.807) is 0 Å². The lowest BCUT2D eigenvalue weighted by molar-refractivity contribution is -0.140. The van der Waals surface area contributed by atoms with E-state index in [1.807, 2.05) is 6.92 Å². The predicted molar refractivity (Wildman–Crippen MR) is 59.9 cm³/mol. The summed E-state index contributed by atoms with van der Waals surface area (Å²) in [5.74, 6) is -0.991. The summed E-state index contributed by atoms with van der Waals surface area (Å²) in [4.78, 5) is 22.3. The summed E-state index contributed by atoms with van der Waals surface area (Å²) in [6, 6.07) is -0.137. The van der Waals surface area contributed by atoms with Crippen LogP contribution in [-0.2, 0) is 9.59 Å². The molecule has 1 aliphatic rings. The predicted octanol–water partition coefficient (Wildman–Crippen LogP) is 0.627. The second-order valence-electron chi connectivity index (χ2n) is 4.63. The fraction of sp³-hybridized carbons (Fsp3) is 0.818. The minimum absolute atomic E-state index is 0.0140. The molecule has 0 heterocycles. The first-order valence-corrected chi connectivity index (χ1v) is 5.76. The lowest BCUT2D eigenvalue weighted by Gasteiger charge is -2.41. The van der Waals surface area contributed by atoms with Crippen molar-refractivity contribution in [1.29, 1.82) is 0 Å². The molecule has 1 rings (SSSR count). The number of hydrogen-bond acceptors (Lipinski definition) is 3. The number of amides is 1. The van der Waals surface area contributed by atoms with Gasteiger partial charge in [-0.05, 0) is 25.7 Å². The molecule has 1 atom stereocenters. The maximum atomic E-state index is 11.6. The summed E-state index contributed by atoms with van der Waals surface area (Å²) in [6.45, 7) is 1.92. The monoisotopic (exact) mass is 228 g/mol. The molecule has 1 fully saturated rings. The zero-order chi connectivity index (χ0) is 12.2. The zero-order valence-corrected chi connectivity index (χ0v) is 9.66. The lowest BCUT2D eigenvalue weighted by Crippen LogP contribution is -2.55. The van der Waals surface area contributed by atoms with Gasteiger partial charge in [0.1, 0.15) is 0 Å². The van der Waals surface area contributed by atoms with Crippen LogP contribution in [0, 0.1) is 0 Å². The van der Waals surface area contributed by atoms with Gasteiger partial charge in [-0.3, -0.25) is 9.59 Å². The fourth-order valence-electron chi connectivity index (χ4n) is 1.97. The van der Waals surface area contributed by atoms with Crippen molar-refractivity contribution in [3.05, 3.63) is 0 Å². The van der Waals surface area contributed by atoms with Crippen LogP contribution < -0.4 is 11.1 Å². The summed E-state index contributed by atoms with van der Waals surface area (Å²) in [5.41, 5.74) is 5.17. The summed E-state index contributed by atoms with van der Waals surface area (Å²) >= 11 is 0. The molecule has 4 N–H and O–H groups in total. The summed E-state index contributed by atoms with van der Waals surface area (Å²) in [5, 5.41) is 11.6. The smallest absolute Gasteiger partial charge is 0.305 e. The van der Waals surface area contributed by atoms with Crippen LogP contribution in [0.15, 0.2) is 0 Å². The van der Waals surface area contributed by atoms with Crippen LogP contribution in [0.4, 0.5) is 0 Å². The van der Waals surface area contributed by atoms with Crippen LogP contribution >= 0.6 is 0 Å². The first-order valence-electron chi connectivity index (χ1n) is 5.76. The van der Waals surface area contributed by atoms with Gasteiger partial charge in [0.25, 0.3) is 0 Å². The molecule has 1 unspecified atom stereocenters. The van der Waals surface area contributed by atoms with Crippen molar-refractivity contribution in [2.75, 3.05) is 0 Å². The van der Waals surface area contributed by atoms with Crippen molar-refractivity contribution in [1.82, 2.24) is 5.32 Å². The number of carboxylic acids is 1. The van der Waals surface area contributed by atoms with Crippen LogP contribution in [0.1, 0.15) is 45.4 Å². The second-order valence-corrected chi connectivity index (χ2v) is 4.63. The Bertz CT molecular complexity index is 274. The third kappa shape index (κ3) is 3.48. The largest absolute Gasteiger partial charge is 0.481 e. The van der Waals surface area contributed by atoms with Crippen molar-refractivity contribution in [2.24, 2.45) is 5.73 Å². The van der Waals surface area contributed by atoms with Gasteiger partial charge in [-0.25, -0.2) is 0 Å². The third-order valence-electron chi connectivity index (χ3n) is 3.18. The van der Waals surface area contributed by atoms with E-state index >= 15 is 0 Å². The highest BCUT2D eigenvalue weighted by molar-refractivity contribution is 5.79. The van der Waals surface area contributed by atoms with Crippen molar-refractivity contribution < 1.29 is 14.7 Å². The number of nitrogens with one attached hydrogen (secondary N) is 1. The van der Waals surface area contributed by atoms with Crippen LogP contribution in [0.5, 0.6) is 0 Å². The number of carboxylic acid groups (broad SMARTS) is 1. The first-order chi connectivity index (χ1) is 7.47. The topological polar surface area (TPSA) is 92.4 Å². The molecule has 0 aliphatic heterocycles. The number of nitrogens with two attached hydrogens (primary N) is 1. The minimum atomic E-state index is -0.861. The van der Waals surface area contributed by atoms with Gasteiger partial charge in [-0.1, -0.05) is 6.92 Å². The van der Waals surface area contributed by atoms with Gasteiger partial charge in [0.15, 0.2) is 0 Å². The average Bonchev–Trinajstić information content (AvgIpc) is 2.13. The van der Waals surface area contributed by atoms with Crippen molar-refractivity contribution in [2.45, 2.75) is 57.0 Å². The van der Waals surface area contributed by atoms with Crippen molar-refractivity contribution in [3.63, 3.8) is 0 Å². The number of carbonyl (C=O) groups excluding carboxylic acids is 1.